The third-order valence-electron chi connectivity index (χ3n) is 12.0. The maximum atomic E-state index is 13.1. The molecule has 2 aromatic rings. The number of hydrogen-bond acceptors (Lipinski definition) is 18. The molecule has 0 bridgehead atoms. The monoisotopic (exact) mass is 936 g/mol. The summed E-state index contributed by atoms with van der Waals surface area (Å²) in [6.45, 7) is 14.4. The van der Waals surface area contributed by atoms with Gasteiger partial charge in [0.25, 0.3) is 0 Å². The van der Waals surface area contributed by atoms with Crippen molar-refractivity contribution in [3.8, 4) is 0 Å². The smallest absolute Gasteiger partial charge is 0.344 e. The third-order valence-corrected chi connectivity index (χ3v) is 12.0. The second kappa shape index (κ2) is 20.4. The summed E-state index contributed by atoms with van der Waals surface area (Å²) in [7, 11) is 0. The molecule has 22 heteroatoms. The van der Waals surface area contributed by atoms with E-state index < -0.39 is 85.3 Å². The molecule has 0 aliphatic carbocycles. The third kappa shape index (κ3) is 10.2. The zero-order chi connectivity index (χ0) is 49.3. The maximum Gasteiger partial charge on any atom is 0.344 e. The van der Waals surface area contributed by atoms with Crippen molar-refractivity contribution in [2.75, 3.05) is 0 Å². The molecule has 22 nitrogen and oxygen atoms in total. The number of H-pyrrole nitrogens is 2. The number of aromatic nitrogens is 2. The van der Waals surface area contributed by atoms with Gasteiger partial charge in [-0.05, 0) is 80.5 Å². The van der Waals surface area contributed by atoms with Crippen LogP contribution in [0.1, 0.15) is 71.7 Å². The van der Waals surface area contributed by atoms with Crippen LogP contribution in [-0.4, -0.2) is 158 Å². The van der Waals surface area contributed by atoms with Gasteiger partial charge >= 0.3 is 23.9 Å². The summed E-state index contributed by atoms with van der Waals surface area (Å²) in [6, 6.07) is 0. The molecule has 67 heavy (non-hydrogen) atoms. The summed E-state index contributed by atoms with van der Waals surface area (Å²) in [5.41, 5.74) is 6.88. The van der Waals surface area contributed by atoms with E-state index in [1.165, 1.54) is 12.2 Å². The van der Waals surface area contributed by atoms with Gasteiger partial charge in [0.2, 0.25) is 11.8 Å². The van der Waals surface area contributed by atoms with E-state index in [4.69, 9.17) is 18.9 Å². The van der Waals surface area contributed by atoms with Crippen LogP contribution in [0.15, 0.2) is 69.0 Å². The van der Waals surface area contributed by atoms with Crippen LogP contribution < -0.4 is 0 Å². The first kappa shape index (κ1) is 50.2. The van der Waals surface area contributed by atoms with Crippen LogP contribution in [0.25, 0.3) is 12.2 Å². The van der Waals surface area contributed by atoms with Gasteiger partial charge in [-0.2, -0.15) is 0 Å². The number of aliphatic hydroxyl groups excluding tert-OH is 8. The van der Waals surface area contributed by atoms with Gasteiger partial charge in [0.1, 0.15) is 36.6 Å². The predicted molar refractivity (Wildman–Crippen MR) is 232 cm³/mol. The SMILES string of the molecule is C=CC1=C(C)/C(=C/c2[nH]c(Cc3[nH]c(/C=C4\N=C(OC(=O)[C@H]5O[C@@H](O)[C@H](O)[C@@H](O)[C@H]5O)C(C)=C4C=C)c(C)c3CCC(=O)O)c(CCC(=O)O)c2C)N=C1OC(=O)[C@H]1O[C@@H](O)[C@H](O)[C@@H](O)[C@H]1O. The van der Waals surface area contributed by atoms with Crippen LogP contribution in [0.2, 0.25) is 0 Å². The molecule has 0 radical (unpaired) electrons. The van der Waals surface area contributed by atoms with Gasteiger partial charge in [-0.15, -0.1) is 0 Å². The molecule has 360 valence electrons. The fraction of sp³-hybridized carbons (Fsp3) is 0.422. The zero-order valence-electron chi connectivity index (χ0n) is 36.7. The van der Waals surface area contributed by atoms with E-state index in [9.17, 15) is 70.2 Å². The molecular formula is C45H52N4O18. The average Bonchev–Trinajstić information content (AvgIpc) is 3.94. The molecular weight excluding hydrogens is 885 g/mol. The predicted octanol–water partition coefficient (Wildman–Crippen LogP) is -0.218. The molecule has 0 saturated carbocycles. The second-order valence-corrected chi connectivity index (χ2v) is 16.3. The minimum atomic E-state index is -1.99. The van der Waals surface area contributed by atoms with Gasteiger partial charge in [0, 0.05) is 58.8 Å². The van der Waals surface area contributed by atoms with Crippen LogP contribution in [0.4, 0.5) is 0 Å². The van der Waals surface area contributed by atoms with Crippen molar-refractivity contribution in [3.05, 3.63) is 104 Å². The first-order valence-corrected chi connectivity index (χ1v) is 20.9. The Labute approximate surface area is 381 Å². The fourth-order valence-corrected chi connectivity index (χ4v) is 8.08. The standard InChI is InChI=1S/C45H52N4O18/c1-7-20-19(6)40(66-44(62)38-34(56)32(54)36(58)42(60)64-38)49-27(20)14-25-18(5)23(10-12-31(52)53)29(47-25)15-28-22(9-11-30(50)51)17(4)24(46-28)13-26-16(3)21(8-2)41(48-26)67-45(63)39-35(57)33(55)37(59)43(61)65-39/h7-8,13-14,32-39,42-43,46-47,54-61H,1-2,9-12,15H2,3-6H3,(H,50,51)(H,52,53)/b26-13-,27-14-/t32-,33-,34+,35+,36+,37+,38-,39-,42+,43+/m0/s1. The highest BCUT2D eigenvalue weighted by Gasteiger charge is 2.49. The number of esters is 2. The minimum Gasteiger partial charge on any atom is -0.481 e. The van der Waals surface area contributed by atoms with Crippen molar-refractivity contribution in [1.29, 1.82) is 0 Å². The van der Waals surface area contributed by atoms with Crippen LogP contribution >= 0.6 is 0 Å². The quantitative estimate of drug-likeness (QED) is 0.109. The van der Waals surface area contributed by atoms with Crippen molar-refractivity contribution in [2.45, 2.75) is 121 Å². The van der Waals surface area contributed by atoms with Gasteiger partial charge in [0.05, 0.1) is 11.4 Å². The normalized spacial score (nSPS) is 28.8. The number of nitrogens with one attached hydrogen (secondary N) is 2. The minimum absolute atomic E-state index is 0.0919. The van der Waals surface area contributed by atoms with Crippen molar-refractivity contribution in [3.63, 3.8) is 0 Å². The van der Waals surface area contributed by atoms with Gasteiger partial charge in [0.15, 0.2) is 24.8 Å². The molecule has 0 spiro atoms. The number of aliphatic carboxylic acids is 2. The Morgan fingerprint density at radius 3 is 1.45 bits per heavy atom. The van der Waals surface area contributed by atoms with E-state index in [1.54, 1.807) is 39.8 Å². The molecule has 6 rings (SSSR count). The maximum absolute atomic E-state index is 13.1. The van der Waals surface area contributed by atoms with E-state index in [-0.39, 0.29) is 55.2 Å². The van der Waals surface area contributed by atoms with E-state index in [1.807, 2.05) is 0 Å². The van der Waals surface area contributed by atoms with Crippen LogP contribution in [0.5, 0.6) is 0 Å². The fourth-order valence-electron chi connectivity index (χ4n) is 8.08. The number of aliphatic hydroxyl groups is 8. The number of aromatic amines is 2. The molecule has 0 unspecified atom stereocenters. The number of nitrogens with zero attached hydrogens (tertiary/aromatic N) is 2. The zero-order valence-corrected chi connectivity index (χ0v) is 36.7. The number of rotatable bonds is 14. The number of ether oxygens (including phenoxy) is 4. The molecule has 12 N–H and O–H groups in total. The van der Waals surface area contributed by atoms with E-state index in [2.05, 4.69) is 33.1 Å². The Hall–Kier alpha value is -6.18. The van der Waals surface area contributed by atoms with Gasteiger partial charge in [-0.3, -0.25) is 9.59 Å². The highest BCUT2D eigenvalue weighted by molar-refractivity contribution is 6.07. The number of aliphatic imine (C=N–C) groups is 2. The Morgan fingerprint density at radius 1 is 0.597 bits per heavy atom. The van der Waals surface area contributed by atoms with Crippen molar-refractivity contribution in [2.24, 2.45) is 9.98 Å². The molecule has 6 heterocycles. The number of allylic oxidation sites excluding steroid dienone is 2. The second-order valence-electron chi connectivity index (χ2n) is 16.3. The van der Waals surface area contributed by atoms with Crippen molar-refractivity contribution < 1.29 is 89.2 Å². The summed E-state index contributed by atoms with van der Waals surface area (Å²) in [5.74, 6) is -4.99. The molecule has 10 atom stereocenters. The number of hydrogen-bond donors (Lipinski definition) is 12. The molecule has 2 saturated heterocycles. The lowest BCUT2D eigenvalue weighted by Crippen LogP contribution is -2.60. The van der Waals surface area contributed by atoms with Crippen LogP contribution in [0.3, 0.4) is 0 Å². The number of carbonyl (C=O) groups is 4. The summed E-state index contributed by atoms with van der Waals surface area (Å²) >= 11 is 0. The van der Waals surface area contributed by atoms with Crippen molar-refractivity contribution in [1.82, 2.24) is 9.97 Å². The Kier molecular flexibility index (Phi) is 15.3. The Balaban J connectivity index is 1.34. The lowest BCUT2D eigenvalue weighted by molar-refractivity contribution is -0.279. The first-order chi connectivity index (χ1) is 31.6. The molecule has 2 aromatic heterocycles. The van der Waals surface area contributed by atoms with Gasteiger partial charge in [-0.1, -0.05) is 25.3 Å². The molecule has 4 aliphatic rings. The van der Waals surface area contributed by atoms with Crippen LogP contribution in [-0.2, 0) is 57.4 Å². The summed E-state index contributed by atoms with van der Waals surface area (Å²) < 4.78 is 20.9. The lowest BCUT2D eigenvalue weighted by Gasteiger charge is -2.36. The Morgan fingerprint density at radius 2 is 1.01 bits per heavy atom. The van der Waals surface area contributed by atoms with Gasteiger partial charge < -0.3 is 80.0 Å². The molecule has 2 fully saturated rings. The molecule has 4 aliphatic heterocycles. The molecule has 0 aromatic carbocycles. The van der Waals surface area contributed by atoms with Crippen LogP contribution in [0, 0.1) is 13.8 Å². The first-order valence-electron chi connectivity index (χ1n) is 20.9. The molecule has 0 amide bonds. The number of carbonyl (C=O) groups excluding carboxylic acids is 2. The highest BCUT2D eigenvalue weighted by Crippen LogP contribution is 2.35. The summed E-state index contributed by atoms with van der Waals surface area (Å²) in [6.07, 6.45) is -13.3. The number of carboxylic acids is 2. The van der Waals surface area contributed by atoms with Gasteiger partial charge in [-0.25, -0.2) is 19.6 Å². The lowest BCUT2D eigenvalue weighted by atomic mass is 9.98. The largest absolute Gasteiger partial charge is 0.481 e. The number of carboxylic acid groups (broad SMARTS) is 2. The summed E-state index contributed by atoms with van der Waals surface area (Å²) in [5, 5.41) is 99.7. The van der Waals surface area contributed by atoms with Crippen molar-refractivity contribution >= 4 is 47.8 Å². The highest BCUT2D eigenvalue weighted by atomic mass is 16.7. The van der Waals surface area contributed by atoms with E-state index in [0.29, 0.717) is 67.4 Å². The topological polar surface area (TPSA) is 364 Å². The summed E-state index contributed by atoms with van der Waals surface area (Å²) in [4.78, 5) is 65.5. The Bertz CT molecular complexity index is 2560. The van der Waals surface area contributed by atoms with E-state index >= 15 is 0 Å². The average molecular weight is 937 g/mol. The van der Waals surface area contributed by atoms with E-state index in [0.717, 1.165) is 0 Å².